The van der Waals surface area contributed by atoms with Crippen LogP contribution in [-0.2, 0) is 14.3 Å². The van der Waals surface area contributed by atoms with Crippen LogP contribution in [0.4, 0.5) is 0 Å². The second-order valence-corrected chi connectivity index (χ2v) is 9.14. The molecule has 0 spiro atoms. The first-order valence-electron chi connectivity index (χ1n) is 12.4. The molecule has 3 aliphatic rings. The van der Waals surface area contributed by atoms with E-state index in [0.717, 1.165) is 11.4 Å². The lowest BCUT2D eigenvalue weighted by atomic mass is 9.90. The number of aliphatic imine (C=N–C) groups is 1. The monoisotopic (exact) mass is 513 g/mol. The maximum Gasteiger partial charge on any atom is 0.320 e. The number of carbonyl (C=O) groups excluding carboxylic acids is 1. The highest BCUT2D eigenvalue weighted by Gasteiger charge is 2.37. The minimum Gasteiger partial charge on any atom is -0.480 e. The molecular weight excluding hydrogens is 474 g/mol. The average molecular weight is 514 g/mol. The lowest BCUT2D eigenvalue weighted by molar-refractivity contribution is -0.141. The number of allylic oxidation sites excluding steroid dienone is 2. The molecule has 204 valence electrons. The van der Waals surface area contributed by atoms with Crippen molar-refractivity contribution in [3.05, 3.63) is 11.8 Å². The highest BCUT2D eigenvalue weighted by molar-refractivity contribution is 5.94. The van der Waals surface area contributed by atoms with Crippen molar-refractivity contribution in [2.24, 2.45) is 10.9 Å². The van der Waals surface area contributed by atoms with Crippen molar-refractivity contribution in [2.75, 3.05) is 39.5 Å². The van der Waals surface area contributed by atoms with Crippen molar-refractivity contribution < 1.29 is 34.8 Å². The molecule has 0 bridgehead atoms. The van der Waals surface area contributed by atoms with Crippen molar-refractivity contribution in [3.8, 4) is 0 Å². The van der Waals surface area contributed by atoms with E-state index < -0.39 is 30.5 Å². The van der Waals surface area contributed by atoms with Gasteiger partial charge in [0.15, 0.2) is 6.04 Å². The lowest BCUT2D eigenvalue weighted by Crippen LogP contribution is -2.52. The number of carbonyl (C=O) groups is 2. The van der Waals surface area contributed by atoms with Crippen LogP contribution < -0.4 is 32.1 Å². The number of carboxylic acids is 1. The van der Waals surface area contributed by atoms with Crippen molar-refractivity contribution in [3.63, 3.8) is 0 Å². The average Bonchev–Trinajstić information content (AvgIpc) is 3.25. The van der Waals surface area contributed by atoms with Crippen LogP contribution in [0.5, 0.6) is 0 Å². The van der Waals surface area contributed by atoms with E-state index in [1.165, 1.54) is 0 Å². The summed E-state index contributed by atoms with van der Waals surface area (Å²) in [4.78, 5) is 27.9. The van der Waals surface area contributed by atoms with E-state index in [0.29, 0.717) is 45.5 Å². The summed E-state index contributed by atoms with van der Waals surface area (Å²) in [6, 6.07) is -1.46. The number of hydrogen-bond acceptors (Lipinski definition) is 12. The molecule has 0 radical (unpaired) electrons. The fourth-order valence-corrected chi connectivity index (χ4v) is 4.36. The van der Waals surface area contributed by atoms with Gasteiger partial charge in [0.1, 0.15) is 24.7 Å². The largest absolute Gasteiger partial charge is 0.480 e. The summed E-state index contributed by atoms with van der Waals surface area (Å²) in [6.45, 7) is 1.94. The standard InChI is InChI=1S/C22H39N7O7/c30-8-10-36-9-7-23-17(31)6-5-16(22(34)35)27-20(32)13-1-3-14(4-2-13)24-11-15-12-25-19-18(26-15)21(33)29-28-19/h3,13,16-20,23-25,27-28,30-32H,1-2,4-12H2,(H,29,33)(H,34,35)/t13-,16-,17+,18?,19?,20+/m0/s1. The van der Waals surface area contributed by atoms with Crippen LogP contribution in [-0.4, -0.2) is 108 Å². The van der Waals surface area contributed by atoms with Crippen molar-refractivity contribution >= 4 is 17.6 Å². The highest BCUT2D eigenvalue weighted by Crippen LogP contribution is 2.25. The molecule has 1 saturated heterocycles. The number of hydrogen-bond donors (Lipinski definition) is 10. The van der Waals surface area contributed by atoms with Crippen LogP contribution in [0.3, 0.4) is 0 Å². The molecule has 2 heterocycles. The fraction of sp³-hybridized carbons (Fsp3) is 0.773. The number of hydrazine groups is 1. The van der Waals surface area contributed by atoms with E-state index in [9.17, 15) is 24.9 Å². The Labute approximate surface area is 209 Å². The van der Waals surface area contributed by atoms with E-state index in [1.54, 1.807) is 0 Å². The molecule has 6 atom stereocenters. The molecule has 1 fully saturated rings. The van der Waals surface area contributed by atoms with Crippen LogP contribution in [0.2, 0.25) is 0 Å². The summed E-state index contributed by atoms with van der Waals surface area (Å²) in [6.07, 6.45) is 2.23. The minimum absolute atomic E-state index is 0.0704. The Bertz CT molecular complexity index is 797. The zero-order chi connectivity index (χ0) is 25.9. The van der Waals surface area contributed by atoms with Crippen LogP contribution in [0.1, 0.15) is 32.1 Å². The second-order valence-electron chi connectivity index (χ2n) is 9.14. The number of nitrogens with zero attached hydrogens (tertiary/aromatic N) is 1. The zero-order valence-corrected chi connectivity index (χ0v) is 20.3. The van der Waals surface area contributed by atoms with Gasteiger partial charge in [-0.15, -0.1) is 0 Å². The van der Waals surface area contributed by atoms with E-state index in [-0.39, 0.29) is 44.0 Å². The van der Waals surface area contributed by atoms with Crippen LogP contribution >= 0.6 is 0 Å². The summed E-state index contributed by atoms with van der Waals surface area (Å²) in [5.74, 6) is -1.37. The van der Waals surface area contributed by atoms with Gasteiger partial charge in [-0.05, 0) is 32.1 Å². The van der Waals surface area contributed by atoms with Gasteiger partial charge in [-0.1, -0.05) is 6.08 Å². The molecule has 2 unspecified atom stereocenters. The summed E-state index contributed by atoms with van der Waals surface area (Å²) in [5, 5.41) is 51.0. The molecule has 10 N–H and O–H groups in total. The Hall–Kier alpha value is -2.17. The first kappa shape index (κ1) is 28.4. The molecule has 14 heteroatoms. The van der Waals surface area contributed by atoms with Gasteiger partial charge in [0.05, 0.1) is 26.4 Å². The second kappa shape index (κ2) is 14.5. The molecule has 1 amide bonds. The predicted molar refractivity (Wildman–Crippen MR) is 129 cm³/mol. The molecule has 0 aromatic heterocycles. The van der Waals surface area contributed by atoms with Crippen molar-refractivity contribution in [2.45, 2.75) is 62.8 Å². The summed E-state index contributed by atoms with van der Waals surface area (Å²) in [5.41, 5.74) is 7.31. The van der Waals surface area contributed by atoms with E-state index >= 15 is 0 Å². The number of fused-ring (bicyclic) bond motifs is 1. The van der Waals surface area contributed by atoms with Crippen LogP contribution in [0.25, 0.3) is 0 Å². The molecule has 36 heavy (non-hydrogen) atoms. The van der Waals surface area contributed by atoms with Crippen molar-refractivity contribution in [1.29, 1.82) is 0 Å². The molecule has 0 saturated carbocycles. The number of aliphatic hydroxyl groups is 3. The summed E-state index contributed by atoms with van der Waals surface area (Å²) < 4.78 is 5.09. The first-order valence-corrected chi connectivity index (χ1v) is 12.4. The number of nitrogens with one attached hydrogen (secondary N) is 6. The van der Waals surface area contributed by atoms with Crippen molar-refractivity contribution in [1.82, 2.24) is 32.1 Å². The number of ether oxygens (including phenoxy) is 1. The third-order valence-corrected chi connectivity index (χ3v) is 6.46. The summed E-state index contributed by atoms with van der Waals surface area (Å²) in [7, 11) is 0. The maximum absolute atomic E-state index is 11.8. The summed E-state index contributed by atoms with van der Waals surface area (Å²) >= 11 is 0. The lowest BCUT2D eigenvalue weighted by Gasteiger charge is -2.30. The van der Waals surface area contributed by atoms with Gasteiger partial charge in [0.25, 0.3) is 5.91 Å². The van der Waals surface area contributed by atoms with Gasteiger partial charge in [-0.2, -0.15) is 0 Å². The molecular formula is C22H39N7O7. The smallest absolute Gasteiger partial charge is 0.320 e. The van der Waals surface area contributed by atoms with Gasteiger partial charge in [-0.3, -0.25) is 36.0 Å². The van der Waals surface area contributed by atoms with Gasteiger partial charge in [-0.25, -0.2) is 5.43 Å². The molecule has 3 rings (SSSR count). The number of aliphatic carboxylic acids is 1. The number of amides is 1. The highest BCUT2D eigenvalue weighted by atomic mass is 16.5. The fourth-order valence-electron chi connectivity index (χ4n) is 4.36. The Kier molecular flexibility index (Phi) is 11.5. The Morgan fingerprint density at radius 2 is 2.11 bits per heavy atom. The Balaban J connectivity index is 1.37. The van der Waals surface area contributed by atoms with E-state index in [1.807, 2.05) is 6.08 Å². The quantitative estimate of drug-likeness (QED) is 0.0727. The number of carboxylic acid groups (broad SMARTS) is 1. The Morgan fingerprint density at radius 3 is 2.83 bits per heavy atom. The predicted octanol–water partition coefficient (Wildman–Crippen LogP) is -3.31. The van der Waals surface area contributed by atoms with E-state index in [2.05, 4.69) is 37.1 Å². The number of aliphatic hydroxyl groups excluding tert-OH is 3. The van der Waals surface area contributed by atoms with Gasteiger partial charge in [0.2, 0.25) is 0 Å². The number of rotatable bonds is 16. The molecule has 14 nitrogen and oxygen atoms in total. The molecule has 2 aliphatic heterocycles. The molecule has 0 aromatic rings. The van der Waals surface area contributed by atoms with Gasteiger partial charge < -0.3 is 30.5 Å². The van der Waals surface area contributed by atoms with Crippen LogP contribution in [0.15, 0.2) is 16.8 Å². The normalized spacial score (nSPS) is 26.3. The SMILES string of the molecule is O=C1NNC2NCC(CNC3=CC[C@H]([C@@H](O)N[C@@H](CC[C@@H](O)NCCOCCO)C(=O)O)CC3)=NC12. The van der Waals surface area contributed by atoms with Crippen LogP contribution in [0, 0.1) is 5.92 Å². The first-order chi connectivity index (χ1) is 17.4. The topological polar surface area (TPSA) is 209 Å². The van der Waals surface area contributed by atoms with Gasteiger partial charge >= 0.3 is 5.97 Å². The zero-order valence-electron chi connectivity index (χ0n) is 20.3. The van der Waals surface area contributed by atoms with Gasteiger partial charge in [0, 0.05) is 30.4 Å². The third-order valence-electron chi connectivity index (χ3n) is 6.46. The van der Waals surface area contributed by atoms with E-state index in [4.69, 9.17) is 9.84 Å². The maximum atomic E-state index is 11.8. The Morgan fingerprint density at radius 1 is 1.28 bits per heavy atom. The molecule has 0 aromatic carbocycles. The third kappa shape index (κ3) is 8.74. The molecule has 1 aliphatic carbocycles. The minimum atomic E-state index is -1.09.